The summed E-state index contributed by atoms with van der Waals surface area (Å²) in [5.74, 6) is 0.901. The predicted molar refractivity (Wildman–Crippen MR) is 104 cm³/mol. The minimum atomic E-state index is 0.466. The maximum atomic E-state index is 6.59. The molecule has 0 atom stereocenters. The van der Waals surface area contributed by atoms with Crippen LogP contribution in [-0.2, 0) is 6.42 Å². The number of nitrogens with two attached hydrogens (primary N) is 1. The van der Waals surface area contributed by atoms with Crippen molar-refractivity contribution in [1.29, 1.82) is 0 Å². The topological polar surface area (TPSA) is 32.5 Å². The van der Waals surface area contributed by atoms with Gasteiger partial charge in [-0.05, 0) is 62.6 Å². The fourth-order valence-electron chi connectivity index (χ4n) is 4.14. The van der Waals surface area contributed by atoms with Crippen LogP contribution in [0.3, 0.4) is 0 Å². The molecule has 1 aromatic rings. The lowest BCUT2D eigenvalue weighted by atomic mass is 9.84. The van der Waals surface area contributed by atoms with E-state index in [1.165, 1.54) is 49.9 Å². The lowest BCUT2D eigenvalue weighted by Crippen LogP contribution is -2.47. The van der Waals surface area contributed by atoms with Crippen molar-refractivity contribution in [1.82, 2.24) is 4.90 Å². The van der Waals surface area contributed by atoms with Crippen molar-refractivity contribution in [2.75, 3.05) is 37.6 Å². The van der Waals surface area contributed by atoms with Gasteiger partial charge in [0.25, 0.3) is 0 Å². The van der Waals surface area contributed by atoms with E-state index < -0.39 is 0 Å². The molecule has 3 rings (SSSR count). The van der Waals surface area contributed by atoms with Gasteiger partial charge in [0.05, 0.1) is 10.7 Å². The van der Waals surface area contributed by atoms with Crippen molar-refractivity contribution in [2.45, 2.75) is 51.5 Å². The van der Waals surface area contributed by atoms with Crippen LogP contribution in [0.25, 0.3) is 0 Å². The van der Waals surface area contributed by atoms with Crippen molar-refractivity contribution in [2.24, 2.45) is 11.7 Å². The van der Waals surface area contributed by atoms with Crippen LogP contribution in [0.4, 0.5) is 5.69 Å². The largest absolute Gasteiger partial charge is 0.368 e. The van der Waals surface area contributed by atoms with Gasteiger partial charge < -0.3 is 10.6 Å². The van der Waals surface area contributed by atoms with E-state index in [2.05, 4.69) is 34.9 Å². The minimum absolute atomic E-state index is 0.466. The Morgan fingerprint density at radius 2 is 1.79 bits per heavy atom. The summed E-state index contributed by atoms with van der Waals surface area (Å²) in [6, 6.07) is 6.91. The van der Waals surface area contributed by atoms with Gasteiger partial charge >= 0.3 is 0 Å². The zero-order valence-corrected chi connectivity index (χ0v) is 15.8. The molecule has 0 amide bonds. The number of piperazine rings is 1. The lowest BCUT2D eigenvalue weighted by Gasteiger charge is -2.37. The summed E-state index contributed by atoms with van der Waals surface area (Å²) >= 11 is 6.59. The molecule has 0 bridgehead atoms. The Morgan fingerprint density at radius 1 is 1.08 bits per heavy atom. The van der Waals surface area contributed by atoms with E-state index >= 15 is 0 Å². The maximum Gasteiger partial charge on any atom is 0.0671 e. The first kappa shape index (κ1) is 18.0. The van der Waals surface area contributed by atoms with Crippen LogP contribution in [0.5, 0.6) is 0 Å². The van der Waals surface area contributed by atoms with Crippen molar-refractivity contribution in [3.8, 4) is 0 Å². The van der Waals surface area contributed by atoms with Crippen molar-refractivity contribution < 1.29 is 0 Å². The zero-order chi connectivity index (χ0) is 16.9. The van der Waals surface area contributed by atoms with Gasteiger partial charge in [0.2, 0.25) is 0 Å². The second kappa shape index (κ2) is 8.55. The van der Waals surface area contributed by atoms with Crippen LogP contribution < -0.4 is 10.6 Å². The third-order valence-corrected chi connectivity index (χ3v) is 6.33. The van der Waals surface area contributed by atoms with Gasteiger partial charge in [-0.25, -0.2) is 0 Å². The third kappa shape index (κ3) is 4.44. The first-order chi connectivity index (χ1) is 11.7. The molecule has 0 aromatic heterocycles. The van der Waals surface area contributed by atoms with Crippen LogP contribution in [0.1, 0.15) is 44.6 Å². The molecule has 1 saturated carbocycles. The summed E-state index contributed by atoms with van der Waals surface area (Å²) in [5.41, 5.74) is 8.49. The van der Waals surface area contributed by atoms with Gasteiger partial charge in [0, 0.05) is 32.2 Å². The van der Waals surface area contributed by atoms with E-state index in [4.69, 9.17) is 17.3 Å². The van der Waals surface area contributed by atoms with Crippen LogP contribution in [-0.4, -0.2) is 43.7 Å². The van der Waals surface area contributed by atoms with Crippen LogP contribution in [0.2, 0.25) is 5.02 Å². The smallest absolute Gasteiger partial charge is 0.0671 e. The molecular formula is C20H32ClN3. The highest BCUT2D eigenvalue weighted by molar-refractivity contribution is 6.34. The number of nitrogens with zero attached hydrogens (tertiary/aromatic N) is 2. The molecule has 1 saturated heterocycles. The average Bonchev–Trinajstić information content (AvgIpc) is 2.62. The fourth-order valence-corrected chi connectivity index (χ4v) is 4.52. The molecular weight excluding hydrogens is 318 g/mol. The molecule has 4 heteroatoms. The Balaban J connectivity index is 1.46. The number of aryl methyl sites for hydroxylation is 1. The number of halogens is 1. The molecule has 1 heterocycles. The number of hydrogen-bond acceptors (Lipinski definition) is 3. The first-order valence-corrected chi connectivity index (χ1v) is 10.1. The van der Waals surface area contributed by atoms with E-state index in [-0.39, 0.29) is 0 Å². The Hall–Kier alpha value is -0.770. The molecule has 3 nitrogen and oxygen atoms in total. The Labute approximate surface area is 152 Å². The summed E-state index contributed by atoms with van der Waals surface area (Å²) in [7, 11) is 0. The molecule has 24 heavy (non-hydrogen) atoms. The van der Waals surface area contributed by atoms with Gasteiger partial charge in [-0.15, -0.1) is 0 Å². The molecule has 2 aliphatic rings. The van der Waals surface area contributed by atoms with Crippen LogP contribution in [0.15, 0.2) is 18.2 Å². The fraction of sp³-hybridized carbons (Fsp3) is 0.700. The van der Waals surface area contributed by atoms with Crippen LogP contribution in [0, 0.1) is 5.92 Å². The molecule has 2 fully saturated rings. The summed E-state index contributed by atoms with van der Waals surface area (Å²) in [5, 5.41) is 0.951. The van der Waals surface area contributed by atoms with Gasteiger partial charge in [0.1, 0.15) is 0 Å². The Morgan fingerprint density at radius 3 is 2.46 bits per heavy atom. The molecule has 1 aliphatic heterocycles. The predicted octanol–water partition coefficient (Wildman–Crippen LogP) is 3.93. The van der Waals surface area contributed by atoms with E-state index in [1.807, 2.05) is 0 Å². The molecule has 0 unspecified atom stereocenters. The number of anilines is 1. The summed E-state index contributed by atoms with van der Waals surface area (Å²) in [6.07, 6.45) is 7.47. The minimum Gasteiger partial charge on any atom is -0.368 e. The van der Waals surface area contributed by atoms with E-state index in [9.17, 15) is 0 Å². The molecule has 0 radical (unpaired) electrons. The summed E-state index contributed by atoms with van der Waals surface area (Å²) in [4.78, 5) is 5.08. The highest BCUT2D eigenvalue weighted by atomic mass is 35.5. The van der Waals surface area contributed by atoms with Gasteiger partial charge in [-0.1, -0.05) is 30.7 Å². The zero-order valence-electron chi connectivity index (χ0n) is 15.0. The quantitative estimate of drug-likeness (QED) is 0.874. The molecule has 1 aliphatic carbocycles. The number of benzene rings is 1. The third-order valence-electron chi connectivity index (χ3n) is 5.90. The van der Waals surface area contributed by atoms with E-state index in [0.29, 0.717) is 6.04 Å². The molecule has 0 spiro atoms. The lowest BCUT2D eigenvalue weighted by molar-refractivity contribution is 0.217. The number of hydrogen-bond donors (Lipinski definition) is 1. The number of rotatable bonds is 5. The van der Waals surface area contributed by atoms with Crippen LogP contribution >= 0.6 is 11.6 Å². The second-order valence-electron chi connectivity index (χ2n) is 7.50. The Bertz CT molecular complexity index is 518. The second-order valence-corrected chi connectivity index (χ2v) is 7.88. The maximum absolute atomic E-state index is 6.59. The standard InChI is InChI=1S/C20H32ClN3/c1-2-17-4-3-5-19(20(17)21)24-14-12-23(13-15-24)11-10-16-6-8-18(22)9-7-16/h3-5,16,18H,2,6-15,22H2,1H3/t16-,18-. The van der Waals surface area contributed by atoms with Crippen molar-refractivity contribution >= 4 is 17.3 Å². The van der Waals surface area contributed by atoms with Crippen molar-refractivity contribution in [3.63, 3.8) is 0 Å². The van der Waals surface area contributed by atoms with E-state index in [1.54, 1.807) is 0 Å². The molecule has 1 aromatic carbocycles. The SMILES string of the molecule is CCc1cccc(N2CCN(CC[C@H]3CC[C@H](N)CC3)CC2)c1Cl. The molecule has 134 valence electrons. The molecule has 2 N–H and O–H groups in total. The van der Waals surface area contributed by atoms with E-state index in [0.717, 1.165) is 43.5 Å². The van der Waals surface area contributed by atoms with Crippen molar-refractivity contribution in [3.05, 3.63) is 28.8 Å². The highest BCUT2D eigenvalue weighted by Crippen LogP contribution is 2.31. The van der Waals surface area contributed by atoms with Gasteiger partial charge in [0.15, 0.2) is 0 Å². The van der Waals surface area contributed by atoms with Gasteiger partial charge in [-0.3, -0.25) is 4.90 Å². The Kier molecular flexibility index (Phi) is 6.43. The highest BCUT2D eigenvalue weighted by Gasteiger charge is 2.22. The first-order valence-electron chi connectivity index (χ1n) is 9.67. The average molecular weight is 350 g/mol. The van der Waals surface area contributed by atoms with Gasteiger partial charge in [-0.2, -0.15) is 0 Å². The summed E-state index contributed by atoms with van der Waals surface area (Å²) < 4.78 is 0. The monoisotopic (exact) mass is 349 g/mol. The summed E-state index contributed by atoms with van der Waals surface area (Å²) in [6.45, 7) is 7.89. The normalized spacial score (nSPS) is 25.9.